The summed E-state index contributed by atoms with van der Waals surface area (Å²) in [4.78, 5) is 29.4. The Bertz CT molecular complexity index is 1300. The number of ether oxygens (including phenoxy) is 1. The van der Waals surface area contributed by atoms with Crippen LogP contribution in [0.2, 0.25) is 0 Å². The van der Waals surface area contributed by atoms with Crippen LogP contribution in [-0.2, 0) is 10.9 Å². The smallest absolute Gasteiger partial charge is 0.381 e. The van der Waals surface area contributed by atoms with Gasteiger partial charge in [-0.2, -0.15) is 13.2 Å². The van der Waals surface area contributed by atoms with Gasteiger partial charge in [0.15, 0.2) is 0 Å². The highest BCUT2D eigenvalue weighted by Crippen LogP contribution is 2.49. The van der Waals surface area contributed by atoms with E-state index in [4.69, 9.17) is 4.74 Å². The number of halogens is 3. The monoisotopic (exact) mass is 560 g/mol. The number of benzene rings is 1. The van der Waals surface area contributed by atoms with Crippen LogP contribution < -0.4 is 16.2 Å². The van der Waals surface area contributed by atoms with E-state index >= 15 is 0 Å². The average molecular weight is 561 g/mol. The molecule has 2 N–H and O–H groups in total. The molecule has 40 heavy (non-hydrogen) atoms. The molecule has 3 atom stereocenters. The van der Waals surface area contributed by atoms with Crippen LogP contribution in [-0.4, -0.2) is 54.8 Å². The zero-order chi connectivity index (χ0) is 28.7. The van der Waals surface area contributed by atoms with Crippen molar-refractivity contribution in [2.45, 2.75) is 76.7 Å². The number of likely N-dealkylation sites (tertiary alicyclic amines) is 1. The lowest BCUT2D eigenvalue weighted by molar-refractivity contribution is -0.138. The lowest BCUT2D eigenvalue weighted by atomic mass is 9.60. The van der Waals surface area contributed by atoms with E-state index in [0.29, 0.717) is 42.9 Å². The summed E-state index contributed by atoms with van der Waals surface area (Å²) in [6.45, 7) is 6.23. The third-order valence-electron chi connectivity index (χ3n) is 9.20. The normalized spacial score (nSPS) is 24.9. The summed E-state index contributed by atoms with van der Waals surface area (Å²) in [5.41, 5.74) is 0.518. The van der Waals surface area contributed by atoms with Crippen LogP contribution in [0.4, 0.5) is 18.9 Å². The number of carbonyl (C=O) groups excluding carboxylic acids is 1. The van der Waals surface area contributed by atoms with Crippen molar-refractivity contribution in [1.82, 2.24) is 14.8 Å². The average Bonchev–Trinajstić information content (AvgIpc) is 2.91. The maximum absolute atomic E-state index is 13.8. The fraction of sp³-hybridized carbons (Fsp3) is 0.600. The summed E-state index contributed by atoms with van der Waals surface area (Å²) in [6, 6.07) is 4.93. The van der Waals surface area contributed by atoms with Gasteiger partial charge in [-0.1, -0.05) is 12.1 Å². The van der Waals surface area contributed by atoms with Gasteiger partial charge < -0.3 is 24.8 Å². The lowest BCUT2D eigenvalue weighted by Crippen LogP contribution is -2.57. The van der Waals surface area contributed by atoms with Crippen LogP contribution in [0.15, 0.2) is 35.3 Å². The van der Waals surface area contributed by atoms with Gasteiger partial charge in [0, 0.05) is 49.5 Å². The first kappa shape index (κ1) is 28.7. The second kappa shape index (κ2) is 11.2. The topological polar surface area (TPSA) is 75.6 Å². The van der Waals surface area contributed by atoms with E-state index in [0.717, 1.165) is 44.8 Å². The SMILES string of the molecule is Cc1c([C@@H](C)NC(=O)c2cn(C3CCOCC3)c(=O)cc2NC2CCC23CCCN(C)C3)cccc1C(F)(F)F. The standard InChI is InChI=1S/C30H39F3N4O3/c1-19-22(6-4-7-24(19)30(31,32)33)20(2)34-28(39)23-17-37(21-9-14-40-15-10-21)27(38)16-25(23)35-26-8-12-29(26)11-5-13-36(3)18-29/h4,6-7,16-17,20-21,26,35H,5,8-15,18H2,1-3H3,(H,34,39)/t20-,26?,29?/m1/s1. The molecular formula is C30H39F3N4O3. The van der Waals surface area contributed by atoms with Crippen LogP contribution in [0.25, 0.3) is 0 Å². The summed E-state index contributed by atoms with van der Waals surface area (Å²) >= 11 is 0. The van der Waals surface area contributed by atoms with Crippen molar-refractivity contribution in [2.75, 3.05) is 38.7 Å². The second-order valence-electron chi connectivity index (χ2n) is 11.8. The number of anilines is 1. The lowest BCUT2D eigenvalue weighted by Gasteiger charge is -2.54. The summed E-state index contributed by atoms with van der Waals surface area (Å²) < 4.78 is 47.7. The van der Waals surface area contributed by atoms with E-state index in [1.165, 1.54) is 19.1 Å². The Balaban J connectivity index is 1.45. The van der Waals surface area contributed by atoms with Gasteiger partial charge in [0.1, 0.15) is 0 Å². The quantitative estimate of drug-likeness (QED) is 0.501. The number of hydrogen-bond acceptors (Lipinski definition) is 5. The molecule has 1 saturated carbocycles. The van der Waals surface area contributed by atoms with E-state index in [-0.39, 0.29) is 28.6 Å². The Morgan fingerprint density at radius 3 is 2.58 bits per heavy atom. The predicted octanol–water partition coefficient (Wildman–Crippen LogP) is 5.30. The number of aromatic nitrogens is 1. The number of rotatable bonds is 6. The molecule has 1 spiro atoms. The minimum absolute atomic E-state index is 0.0768. The Morgan fingerprint density at radius 1 is 1.18 bits per heavy atom. The number of pyridine rings is 1. The van der Waals surface area contributed by atoms with Crippen LogP contribution in [0, 0.1) is 12.3 Å². The molecule has 3 aliphatic rings. The first-order valence-corrected chi connectivity index (χ1v) is 14.2. The molecule has 5 rings (SSSR count). The number of alkyl halides is 3. The van der Waals surface area contributed by atoms with Crippen molar-refractivity contribution in [3.63, 3.8) is 0 Å². The van der Waals surface area contributed by atoms with E-state index in [1.54, 1.807) is 23.8 Å². The maximum Gasteiger partial charge on any atom is 0.416 e. The molecule has 10 heteroatoms. The van der Waals surface area contributed by atoms with Crippen LogP contribution in [0.3, 0.4) is 0 Å². The minimum atomic E-state index is -4.48. The van der Waals surface area contributed by atoms with E-state index in [1.807, 2.05) is 0 Å². The molecular weight excluding hydrogens is 521 g/mol. The zero-order valence-corrected chi connectivity index (χ0v) is 23.4. The third kappa shape index (κ3) is 5.65. The van der Waals surface area contributed by atoms with E-state index in [9.17, 15) is 22.8 Å². The van der Waals surface area contributed by atoms with E-state index in [2.05, 4.69) is 22.6 Å². The Kier molecular flexibility index (Phi) is 8.03. The number of piperidine rings is 1. The Morgan fingerprint density at radius 2 is 1.93 bits per heavy atom. The number of amides is 1. The van der Waals surface area contributed by atoms with Gasteiger partial charge in [0.05, 0.1) is 22.9 Å². The number of nitrogens with zero attached hydrogens (tertiary/aromatic N) is 2. The third-order valence-corrected chi connectivity index (χ3v) is 9.20. The Hall–Kier alpha value is -2.85. The maximum atomic E-state index is 13.8. The molecule has 7 nitrogen and oxygen atoms in total. The minimum Gasteiger partial charge on any atom is -0.381 e. The molecule has 1 amide bonds. The molecule has 2 saturated heterocycles. The van der Waals surface area contributed by atoms with Crippen LogP contribution in [0.5, 0.6) is 0 Å². The number of nitrogens with one attached hydrogen (secondary N) is 2. The molecule has 2 unspecified atom stereocenters. The van der Waals surface area contributed by atoms with Gasteiger partial charge in [-0.25, -0.2) is 0 Å². The largest absolute Gasteiger partial charge is 0.416 e. The fourth-order valence-electron chi connectivity index (χ4n) is 6.87. The van der Waals surface area contributed by atoms with Crippen LogP contribution >= 0.6 is 0 Å². The molecule has 218 valence electrons. The highest BCUT2D eigenvalue weighted by atomic mass is 19.4. The van der Waals surface area contributed by atoms with Crippen molar-refractivity contribution < 1.29 is 22.7 Å². The molecule has 2 aliphatic heterocycles. The molecule has 1 aromatic carbocycles. The molecule has 3 heterocycles. The summed E-state index contributed by atoms with van der Waals surface area (Å²) in [7, 11) is 2.13. The second-order valence-corrected chi connectivity index (χ2v) is 11.8. The summed E-state index contributed by atoms with van der Waals surface area (Å²) in [5.74, 6) is -0.429. The van der Waals surface area contributed by atoms with Crippen molar-refractivity contribution in [2.24, 2.45) is 5.41 Å². The highest BCUT2D eigenvalue weighted by Gasteiger charge is 2.48. The zero-order valence-electron chi connectivity index (χ0n) is 23.4. The highest BCUT2D eigenvalue weighted by molar-refractivity contribution is 5.99. The summed E-state index contributed by atoms with van der Waals surface area (Å²) in [6.07, 6.45) is 2.76. The molecule has 3 fully saturated rings. The molecule has 0 radical (unpaired) electrons. The van der Waals surface area contributed by atoms with E-state index < -0.39 is 23.7 Å². The fourth-order valence-corrected chi connectivity index (χ4v) is 6.87. The van der Waals surface area contributed by atoms with Gasteiger partial charge in [-0.15, -0.1) is 0 Å². The van der Waals surface area contributed by atoms with Crippen molar-refractivity contribution in [3.8, 4) is 0 Å². The van der Waals surface area contributed by atoms with Gasteiger partial charge in [-0.3, -0.25) is 9.59 Å². The predicted molar refractivity (Wildman–Crippen MR) is 148 cm³/mol. The first-order valence-electron chi connectivity index (χ1n) is 14.2. The van der Waals surface area contributed by atoms with Crippen LogP contribution in [0.1, 0.15) is 84.6 Å². The summed E-state index contributed by atoms with van der Waals surface area (Å²) in [5, 5.41) is 6.47. The van der Waals surface area contributed by atoms with Crippen molar-refractivity contribution >= 4 is 11.6 Å². The molecule has 1 aromatic heterocycles. The van der Waals surface area contributed by atoms with Gasteiger partial charge >= 0.3 is 6.18 Å². The number of carbonyl (C=O) groups is 1. The van der Waals surface area contributed by atoms with Gasteiger partial charge in [0.2, 0.25) is 0 Å². The van der Waals surface area contributed by atoms with Crippen molar-refractivity contribution in [1.29, 1.82) is 0 Å². The van der Waals surface area contributed by atoms with Crippen molar-refractivity contribution in [3.05, 3.63) is 63.1 Å². The molecule has 0 bridgehead atoms. The van der Waals surface area contributed by atoms with Gasteiger partial charge in [-0.05, 0) is 83.2 Å². The molecule has 2 aromatic rings. The molecule has 1 aliphatic carbocycles. The van der Waals surface area contributed by atoms with Gasteiger partial charge in [0.25, 0.3) is 11.5 Å². The Labute approximate surface area is 233 Å². The number of hydrogen-bond donors (Lipinski definition) is 2. The first-order chi connectivity index (χ1) is 19.0.